The summed E-state index contributed by atoms with van der Waals surface area (Å²) in [5.74, 6) is 0.0942. The Morgan fingerprint density at radius 1 is 1.47 bits per heavy atom. The van der Waals surface area contributed by atoms with Crippen LogP contribution < -0.4 is 10.6 Å². The Morgan fingerprint density at radius 3 is 2.95 bits per heavy atom. The van der Waals surface area contributed by atoms with Crippen LogP contribution in [0.15, 0.2) is 24.4 Å². The summed E-state index contributed by atoms with van der Waals surface area (Å²) in [5, 5.41) is 6.24. The summed E-state index contributed by atoms with van der Waals surface area (Å²) in [6.45, 7) is 6.70. The van der Waals surface area contributed by atoms with Gasteiger partial charge in [0.25, 0.3) is 0 Å². The van der Waals surface area contributed by atoms with Crippen molar-refractivity contribution in [3.63, 3.8) is 0 Å². The number of hydrogen-bond acceptors (Lipinski definition) is 4. The summed E-state index contributed by atoms with van der Waals surface area (Å²) in [4.78, 5) is 18.4. The Hall–Kier alpha value is -1.46. The highest BCUT2D eigenvalue weighted by Gasteiger charge is 2.18. The summed E-state index contributed by atoms with van der Waals surface area (Å²) in [6.07, 6.45) is 2.29. The standard InChI is InChI=1S/C14H22N4O/c1-12(18-8-6-15-7-9-18)10-14(19)17-11-13-4-2-3-5-16-13/h2-5,12,15H,6-11H2,1H3,(H,17,19). The number of amides is 1. The highest BCUT2D eigenvalue weighted by atomic mass is 16.1. The molecule has 2 heterocycles. The van der Waals surface area contributed by atoms with Crippen molar-refractivity contribution in [3.8, 4) is 0 Å². The highest BCUT2D eigenvalue weighted by Crippen LogP contribution is 2.05. The number of carbonyl (C=O) groups excluding carboxylic acids is 1. The van der Waals surface area contributed by atoms with Crippen LogP contribution in [0.3, 0.4) is 0 Å². The zero-order valence-corrected chi connectivity index (χ0v) is 11.4. The van der Waals surface area contributed by atoms with Crippen LogP contribution in [-0.2, 0) is 11.3 Å². The van der Waals surface area contributed by atoms with Gasteiger partial charge >= 0.3 is 0 Å². The number of pyridine rings is 1. The van der Waals surface area contributed by atoms with E-state index in [1.807, 2.05) is 18.2 Å². The zero-order chi connectivity index (χ0) is 13.5. The van der Waals surface area contributed by atoms with Gasteiger partial charge in [0.1, 0.15) is 0 Å². The fourth-order valence-corrected chi connectivity index (χ4v) is 2.28. The minimum absolute atomic E-state index is 0.0942. The van der Waals surface area contributed by atoms with E-state index >= 15 is 0 Å². The average Bonchev–Trinajstić information content (AvgIpc) is 2.47. The van der Waals surface area contributed by atoms with Crippen LogP contribution in [0.4, 0.5) is 0 Å². The monoisotopic (exact) mass is 262 g/mol. The van der Waals surface area contributed by atoms with E-state index in [4.69, 9.17) is 0 Å². The molecule has 1 aromatic heterocycles. The van der Waals surface area contributed by atoms with E-state index in [0.29, 0.717) is 19.0 Å². The van der Waals surface area contributed by atoms with Crippen LogP contribution in [0.1, 0.15) is 19.0 Å². The molecule has 1 saturated heterocycles. The summed E-state index contributed by atoms with van der Waals surface area (Å²) in [6, 6.07) is 6.01. The predicted molar refractivity (Wildman–Crippen MR) is 74.6 cm³/mol. The third kappa shape index (κ3) is 4.61. The second-order valence-corrected chi connectivity index (χ2v) is 4.94. The van der Waals surface area contributed by atoms with Gasteiger partial charge in [-0.15, -0.1) is 0 Å². The first-order chi connectivity index (χ1) is 9.25. The normalized spacial score (nSPS) is 17.9. The van der Waals surface area contributed by atoms with Gasteiger partial charge in [-0.25, -0.2) is 0 Å². The van der Waals surface area contributed by atoms with Crippen molar-refractivity contribution in [3.05, 3.63) is 30.1 Å². The molecule has 5 heteroatoms. The van der Waals surface area contributed by atoms with Crippen LogP contribution in [0, 0.1) is 0 Å². The van der Waals surface area contributed by atoms with Crippen molar-refractivity contribution in [1.29, 1.82) is 0 Å². The quantitative estimate of drug-likeness (QED) is 0.805. The van der Waals surface area contributed by atoms with E-state index in [-0.39, 0.29) is 5.91 Å². The maximum atomic E-state index is 11.9. The van der Waals surface area contributed by atoms with Gasteiger partial charge in [0, 0.05) is 44.8 Å². The molecule has 1 aromatic rings. The average molecular weight is 262 g/mol. The number of piperazine rings is 1. The first-order valence-electron chi connectivity index (χ1n) is 6.87. The number of hydrogen-bond donors (Lipinski definition) is 2. The van der Waals surface area contributed by atoms with Crippen LogP contribution in [-0.4, -0.2) is 48.0 Å². The molecule has 104 valence electrons. The van der Waals surface area contributed by atoms with Crippen molar-refractivity contribution < 1.29 is 4.79 Å². The second kappa shape index (κ2) is 7.21. The molecule has 2 N–H and O–H groups in total. The number of rotatable bonds is 5. The molecular weight excluding hydrogens is 240 g/mol. The molecule has 0 aliphatic carbocycles. The molecule has 0 saturated carbocycles. The Bertz CT molecular complexity index is 390. The SMILES string of the molecule is CC(CC(=O)NCc1ccccn1)N1CCNCC1. The lowest BCUT2D eigenvalue weighted by molar-refractivity contribution is -0.122. The molecule has 2 rings (SSSR count). The Labute approximate surface area is 114 Å². The van der Waals surface area contributed by atoms with E-state index in [1.165, 1.54) is 0 Å². The zero-order valence-electron chi connectivity index (χ0n) is 11.4. The van der Waals surface area contributed by atoms with Gasteiger partial charge in [-0.1, -0.05) is 6.07 Å². The maximum Gasteiger partial charge on any atom is 0.221 e. The van der Waals surface area contributed by atoms with Crippen molar-refractivity contribution in [2.24, 2.45) is 0 Å². The minimum Gasteiger partial charge on any atom is -0.350 e. The summed E-state index contributed by atoms with van der Waals surface area (Å²) < 4.78 is 0. The van der Waals surface area contributed by atoms with E-state index in [1.54, 1.807) is 6.20 Å². The highest BCUT2D eigenvalue weighted by molar-refractivity contribution is 5.76. The van der Waals surface area contributed by atoms with Gasteiger partial charge in [-0.3, -0.25) is 14.7 Å². The number of nitrogens with one attached hydrogen (secondary N) is 2. The smallest absolute Gasteiger partial charge is 0.221 e. The second-order valence-electron chi connectivity index (χ2n) is 4.94. The van der Waals surface area contributed by atoms with Gasteiger partial charge < -0.3 is 10.6 Å². The fourth-order valence-electron chi connectivity index (χ4n) is 2.28. The molecule has 0 aromatic carbocycles. The number of nitrogens with zero attached hydrogens (tertiary/aromatic N) is 2. The first kappa shape index (κ1) is 14.0. The molecule has 1 aliphatic rings. The molecule has 1 aliphatic heterocycles. The largest absolute Gasteiger partial charge is 0.350 e. The van der Waals surface area contributed by atoms with Crippen LogP contribution in [0.2, 0.25) is 0 Å². The number of aromatic nitrogens is 1. The maximum absolute atomic E-state index is 11.9. The topological polar surface area (TPSA) is 57.3 Å². The molecular formula is C14H22N4O. The first-order valence-corrected chi connectivity index (χ1v) is 6.87. The van der Waals surface area contributed by atoms with Crippen LogP contribution in [0.5, 0.6) is 0 Å². The predicted octanol–water partition coefficient (Wildman–Crippen LogP) is 0.382. The summed E-state index contributed by atoms with van der Waals surface area (Å²) >= 11 is 0. The third-order valence-corrected chi connectivity index (χ3v) is 3.45. The fraction of sp³-hybridized carbons (Fsp3) is 0.571. The lowest BCUT2D eigenvalue weighted by Gasteiger charge is -2.32. The van der Waals surface area contributed by atoms with Crippen molar-refractivity contribution in [2.75, 3.05) is 26.2 Å². The summed E-state index contributed by atoms with van der Waals surface area (Å²) in [5.41, 5.74) is 0.894. The molecule has 0 bridgehead atoms. The van der Waals surface area contributed by atoms with Gasteiger partial charge in [-0.2, -0.15) is 0 Å². The lowest BCUT2D eigenvalue weighted by atomic mass is 10.1. The van der Waals surface area contributed by atoms with E-state index < -0.39 is 0 Å². The lowest BCUT2D eigenvalue weighted by Crippen LogP contribution is -2.48. The van der Waals surface area contributed by atoms with Crippen LogP contribution in [0.25, 0.3) is 0 Å². The molecule has 1 fully saturated rings. The Morgan fingerprint density at radius 2 is 2.26 bits per heavy atom. The molecule has 0 radical (unpaired) electrons. The Kier molecular flexibility index (Phi) is 5.30. The van der Waals surface area contributed by atoms with Crippen molar-refractivity contribution in [1.82, 2.24) is 20.5 Å². The van der Waals surface area contributed by atoms with Gasteiger partial charge in [0.15, 0.2) is 0 Å². The number of carbonyl (C=O) groups is 1. The summed E-state index contributed by atoms with van der Waals surface area (Å²) in [7, 11) is 0. The molecule has 1 unspecified atom stereocenters. The van der Waals surface area contributed by atoms with E-state index in [9.17, 15) is 4.79 Å². The molecule has 0 spiro atoms. The third-order valence-electron chi connectivity index (χ3n) is 3.45. The molecule has 1 atom stereocenters. The minimum atomic E-state index is 0.0942. The van der Waals surface area contributed by atoms with Crippen molar-refractivity contribution >= 4 is 5.91 Å². The Balaban J connectivity index is 1.71. The van der Waals surface area contributed by atoms with Gasteiger partial charge in [-0.05, 0) is 19.1 Å². The molecule has 19 heavy (non-hydrogen) atoms. The molecule has 1 amide bonds. The van der Waals surface area contributed by atoms with Gasteiger partial charge in [0.2, 0.25) is 5.91 Å². The molecule has 5 nitrogen and oxygen atoms in total. The van der Waals surface area contributed by atoms with Crippen LogP contribution >= 0.6 is 0 Å². The van der Waals surface area contributed by atoms with E-state index in [2.05, 4.69) is 27.4 Å². The van der Waals surface area contributed by atoms with Gasteiger partial charge in [0.05, 0.1) is 12.2 Å². The van der Waals surface area contributed by atoms with E-state index in [0.717, 1.165) is 31.9 Å². The van der Waals surface area contributed by atoms with Crippen molar-refractivity contribution in [2.45, 2.75) is 25.9 Å².